The molecule has 2 atom stereocenters. The molecule has 0 bridgehead atoms. The van der Waals surface area contributed by atoms with E-state index < -0.39 is 0 Å². The fourth-order valence-corrected chi connectivity index (χ4v) is 2.06. The molecule has 0 radical (unpaired) electrons. The summed E-state index contributed by atoms with van der Waals surface area (Å²) in [5.74, 6) is 0.736. The number of ether oxygens (including phenoxy) is 1. The maximum atomic E-state index is 5.40. The summed E-state index contributed by atoms with van der Waals surface area (Å²) in [6.07, 6.45) is 3.81. The molecule has 1 saturated heterocycles. The van der Waals surface area contributed by atoms with Crippen molar-refractivity contribution in [3.63, 3.8) is 0 Å². The van der Waals surface area contributed by atoms with E-state index in [9.17, 15) is 0 Å². The second-order valence-electron chi connectivity index (χ2n) is 6.03. The maximum Gasteiger partial charge on any atom is 0.0509 e. The lowest BCUT2D eigenvalue weighted by Gasteiger charge is -2.21. The first-order chi connectivity index (χ1) is 6.99. The van der Waals surface area contributed by atoms with Crippen LogP contribution >= 0.6 is 0 Å². The van der Waals surface area contributed by atoms with Gasteiger partial charge in [0.15, 0.2) is 0 Å². The third-order valence-electron chi connectivity index (χ3n) is 3.24. The third kappa shape index (κ3) is 5.53. The number of hydrogen-bond acceptors (Lipinski definition) is 2. The van der Waals surface area contributed by atoms with E-state index in [0.717, 1.165) is 25.7 Å². The summed E-state index contributed by atoms with van der Waals surface area (Å²) in [5, 5.41) is 3.62. The third-order valence-corrected chi connectivity index (χ3v) is 3.24. The van der Waals surface area contributed by atoms with E-state index in [1.54, 1.807) is 0 Å². The standard InChI is InChI=1S/C13H27NO/c1-11(12-6-9-15-10-12)14-8-5-7-13(2,3)4/h11-12,14H,5-10H2,1-4H3. The predicted molar refractivity (Wildman–Crippen MR) is 65.1 cm³/mol. The van der Waals surface area contributed by atoms with E-state index in [1.165, 1.54) is 19.3 Å². The van der Waals surface area contributed by atoms with Gasteiger partial charge in [0.25, 0.3) is 0 Å². The molecule has 1 heterocycles. The Morgan fingerprint density at radius 2 is 2.13 bits per heavy atom. The van der Waals surface area contributed by atoms with Crippen LogP contribution in [0.2, 0.25) is 0 Å². The highest BCUT2D eigenvalue weighted by molar-refractivity contribution is 4.75. The van der Waals surface area contributed by atoms with Gasteiger partial charge in [-0.1, -0.05) is 20.8 Å². The largest absolute Gasteiger partial charge is 0.381 e. The van der Waals surface area contributed by atoms with E-state index in [0.29, 0.717) is 11.5 Å². The van der Waals surface area contributed by atoms with Gasteiger partial charge in [0.1, 0.15) is 0 Å². The summed E-state index contributed by atoms with van der Waals surface area (Å²) in [5.41, 5.74) is 0.474. The topological polar surface area (TPSA) is 21.3 Å². The minimum atomic E-state index is 0.474. The molecule has 0 aromatic heterocycles. The summed E-state index contributed by atoms with van der Waals surface area (Å²) in [6.45, 7) is 12.3. The molecular formula is C13H27NO. The summed E-state index contributed by atoms with van der Waals surface area (Å²) < 4.78 is 5.40. The Balaban J connectivity index is 2.04. The highest BCUT2D eigenvalue weighted by atomic mass is 16.5. The van der Waals surface area contributed by atoms with Crippen LogP contribution in [-0.4, -0.2) is 25.8 Å². The molecule has 1 aliphatic rings. The lowest BCUT2D eigenvalue weighted by Crippen LogP contribution is -2.34. The Morgan fingerprint density at radius 1 is 1.40 bits per heavy atom. The lowest BCUT2D eigenvalue weighted by atomic mass is 9.90. The molecule has 2 unspecified atom stereocenters. The Labute approximate surface area is 94.8 Å². The summed E-state index contributed by atoms with van der Waals surface area (Å²) in [4.78, 5) is 0. The van der Waals surface area contributed by atoms with Crippen molar-refractivity contribution in [3.8, 4) is 0 Å². The first-order valence-corrected chi connectivity index (χ1v) is 6.30. The average molecular weight is 213 g/mol. The molecule has 2 heteroatoms. The zero-order chi connectivity index (χ0) is 11.3. The quantitative estimate of drug-likeness (QED) is 0.709. The first-order valence-electron chi connectivity index (χ1n) is 6.30. The minimum absolute atomic E-state index is 0.474. The lowest BCUT2D eigenvalue weighted by molar-refractivity contribution is 0.178. The number of rotatable bonds is 5. The predicted octanol–water partition coefficient (Wildman–Crippen LogP) is 2.83. The molecular weight excluding hydrogens is 186 g/mol. The van der Waals surface area contributed by atoms with Crippen molar-refractivity contribution in [1.29, 1.82) is 0 Å². The second-order valence-corrected chi connectivity index (χ2v) is 6.03. The average Bonchev–Trinajstić information content (AvgIpc) is 2.63. The molecule has 1 rings (SSSR count). The number of hydrogen-bond donors (Lipinski definition) is 1. The van der Waals surface area contributed by atoms with Gasteiger partial charge >= 0.3 is 0 Å². The van der Waals surface area contributed by atoms with E-state index >= 15 is 0 Å². The monoisotopic (exact) mass is 213 g/mol. The van der Waals surface area contributed by atoms with Crippen molar-refractivity contribution in [2.24, 2.45) is 11.3 Å². The zero-order valence-corrected chi connectivity index (χ0v) is 10.8. The van der Waals surface area contributed by atoms with Crippen molar-refractivity contribution >= 4 is 0 Å². The first kappa shape index (κ1) is 13.0. The SMILES string of the molecule is CC(NCCCC(C)(C)C)C1CCOC1. The molecule has 0 amide bonds. The highest BCUT2D eigenvalue weighted by Crippen LogP contribution is 2.20. The second kappa shape index (κ2) is 5.86. The fraction of sp³-hybridized carbons (Fsp3) is 1.00. The van der Waals surface area contributed by atoms with Crippen LogP contribution in [-0.2, 0) is 4.74 Å². The fourth-order valence-electron chi connectivity index (χ4n) is 2.06. The van der Waals surface area contributed by atoms with Gasteiger partial charge in [-0.15, -0.1) is 0 Å². The molecule has 1 N–H and O–H groups in total. The summed E-state index contributed by atoms with van der Waals surface area (Å²) >= 11 is 0. The molecule has 0 saturated carbocycles. The van der Waals surface area contributed by atoms with Gasteiger partial charge in [0.05, 0.1) is 6.61 Å². The van der Waals surface area contributed by atoms with Crippen molar-refractivity contribution < 1.29 is 4.74 Å². The van der Waals surface area contributed by atoms with Crippen LogP contribution < -0.4 is 5.32 Å². The van der Waals surface area contributed by atoms with Gasteiger partial charge in [-0.05, 0) is 44.1 Å². The van der Waals surface area contributed by atoms with Crippen molar-refractivity contribution in [1.82, 2.24) is 5.32 Å². The summed E-state index contributed by atoms with van der Waals surface area (Å²) in [6, 6.07) is 0.618. The Hall–Kier alpha value is -0.0800. The molecule has 0 aliphatic carbocycles. The van der Waals surface area contributed by atoms with Gasteiger partial charge in [0.2, 0.25) is 0 Å². The maximum absolute atomic E-state index is 5.40. The van der Waals surface area contributed by atoms with Crippen LogP contribution in [0.1, 0.15) is 47.0 Å². The molecule has 1 aliphatic heterocycles. The van der Waals surface area contributed by atoms with E-state index in [1.807, 2.05) is 0 Å². The molecule has 0 spiro atoms. The molecule has 15 heavy (non-hydrogen) atoms. The zero-order valence-electron chi connectivity index (χ0n) is 10.8. The van der Waals surface area contributed by atoms with Crippen LogP contribution in [0.4, 0.5) is 0 Å². The summed E-state index contributed by atoms with van der Waals surface area (Å²) in [7, 11) is 0. The van der Waals surface area contributed by atoms with Crippen LogP contribution in [0.15, 0.2) is 0 Å². The smallest absolute Gasteiger partial charge is 0.0509 e. The van der Waals surface area contributed by atoms with E-state index in [-0.39, 0.29) is 0 Å². The molecule has 0 aromatic carbocycles. The minimum Gasteiger partial charge on any atom is -0.381 e. The molecule has 90 valence electrons. The van der Waals surface area contributed by atoms with Crippen LogP contribution in [0.3, 0.4) is 0 Å². The van der Waals surface area contributed by atoms with Gasteiger partial charge in [-0.2, -0.15) is 0 Å². The van der Waals surface area contributed by atoms with Crippen molar-refractivity contribution in [2.45, 2.75) is 53.0 Å². The molecule has 2 nitrogen and oxygen atoms in total. The van der Waals surface area contributed by atoms with Gasteiger partial charge < -0.3 is 10.1 Å². The van der Waals surface area contributed by atoms with E-state index in [4.69, 9.17) is 4.74 Å². The Morgan fingerprint density at radius 3 is 2.67 bits per heavy atom. The highest BCUT2D eigenvalue weighted by Gasteiger charge is 2.21. The van der Waals surface area contributed by atoms with Crippen LogP contribution in [0.25, 0.3) is 0 Å². The van der Waals surface area contributed by atoms with Crippen molar-refractivity contribution in [3.05, 3.63) is 0 Å². The molecule has 0 aromatic rings. The number of nitrogens with one attached hydrogen (secondary N) is 1. The van der Waals surface area contributed by atoms with Crippen LogP contribution in [0, 0.1) is 11.3 Å². The molecule has 1 fully saturated rings. The van der Waals surface area contributed by atoms with Crippen LogP contribution in [0.5, 0.6) is 0 Å². The Bertz CT molecular complexity index is 168. The Kier molecular flexibility index (Phi) is 5.07. The van der Waals surface area contributed by atoms with Gasteiger partial charge in [-0.3, -0.25) is 0 Å². The van der Waals surface area contributed by atoms with Crippen molar-refractivity contribution in [2.75, 3.05) is 19.8 Å². The van der Waals surface area contributed by atoms with Gasteiger partial charge in [0, 0.05) is 12.6 Å². The van der Waals surface area contributed by atoms with Gasteiger partial charge in [-0.25, -0.2) is 0 Å². The normalized spacial score (nSPS) is 24.4. The van der Waals surface area contributed by atoms with E-state index in [2.05, 4.69) is 33.0 Å².